The number of hydrogen-bond donors (Lipinski definition) is 2. The Morgan fingerprint density at radius 3 is 2.33 bits per heavy atom. The molecule has 1 aromatic heterocycles. The highest BCUT2D eigenvalue weighted by atomic mass is 35.5. The normalized spacial score (nSPS) is 13.6. The number of aromatic carboxylic acids is 1. The molecule has 0 saturated carbocycles. The fourth-order valence-electron chi connectivity index (χ4n) is 2.19. The summed E-state index contributed by atoms with van der Waals surface area (Å²) in [4.78, 5) is 28.1. The van der Waals surface area contributed by atoms with Crippen LogP contribution in [-0.4, -0.2) is 40.9 Å². The Bertz CT molecular complexity index is 993. The van der Waals surface area contributed by atoms with Gasteiger partial charge < -0.3 is 5.11 Å². The summed E-state index contributed by atoms with van der Waals surface area (Å²) in [5.74, 6) is -2.05. The first-order chi connectivity index (χ1) is 12.5. The highest BCUT2D eigenvalue weighted by Gasteiger charge is 2.28. The van der Waals surface area contributed by atoms with Crippen molar-refractivity contribution in [2.75, 3.05) is 4.72 Å². The van der Waals surface area contributed by atoms with Crippen molar-refractivity contribution in [3.8, 4) is 0 Å². The zero-order chi connectivity index (χ0) is 20.4. The second-order valence-corrected chi connectivity index (χ2v) is 8.92. The third-order valence-corrected chi connectivity index (χ3v) is 6.49. The summed E-state index contributed by atoms with van der Waals surface area (Å²) in [5.41, 5.74) is -0.780. The number of benzene rings is 1. The third-order valence-electron chi connectivity index (χ3n) is 3.86. The summed E-state index contributed by atoms with van der Waals surface area (Å²) >= 11 is 11.8. The number of alkyl halides is 1. The molecule has 1 aromatic carbocycles. The van der Waals surface area contributed by atoms with Gasteiger partial charge in [-0.3, -0.25) is 9.52 Å². The minimum atomic E-state index is -3.94. The second kappa shape index (κ2) is 8.24. The van der Waals surface area contributed by atoms with E-state index in [1.54, 1.807) is 0 Å². The Morgan fingerprint density at radius 1 is 1.19 bits per heavy atom. The number of carbonyl (C=O) groups excluding carboxylic acids is 1. The average molecular weight is 431 g/mol. The molecule has 144 valence electrons. The maximum atomic E-state index is 12.9. The maximum absolute atomic E-state index is 12.9. The molecule has 2 N–H and O–H groups in total. The molecule has 1 unspecified atom stereocenters. The number of aromatic nitrogens is 1. The molecule has 0 aliphatic rings. The lowest BCUT2D eigenvalue weighted by atomic mass is 10.0. The van der Waals surface area contributed by atoms with Crippen molar-refractivity contribution in [1.82, 2.24) is 4.98 Å². The van der Waals surface area contributed by atoms with Gasteiger partial charge in [0.05, 0.1) is 21.5 Å². The van der Waals surface area contributed by atoms with Gasteiger partial charge in [0, 0.05) is 17.1 Å². The van der Waals surface area contributed by atoms with Gasteiger partial charge in [-0.15, -0.1) is 11.6 Å². The van der Waals surface area contributed by atoms with E-state index in [9.17, 15) is 23.1 Å². The summed E-state index contributed by atoms with van der Waals surface area (Å²) < 4.78 is 27.2. The minimum absolute atomic E-state index is 0.0994. The molecule has 0 saturated heterocycles. The standard InChI is InChI=1S/C17H16Cl2N2O5S/c1-9(18)10(2)27(25,26)21-14-7-11(19)8-20-15(14)16(22)12-5-3-4-6-13(12)17(23)24/h3-10,21H,1-2H3,(H,23,24)/t9-,10?/m1/s1. The summed E-state index contributed by atoms with van der Waals surface area (Å²) in [6.07, 6.45) is 1.17. The SMILES string of the molecule is CC([C@@H](C)Cl)S(=O)(=O)Nc1cc(Cl)cnc1C(=O)c1ccccc1C(=O)O. The van der Waals surface area contributed by atoms with Crippen LogP contribution < -0.4 is 4.72 Å². The fraction of sp³-hybridized carbons (Fsp3) is 0.235. The molecule has 0 aliphatic heterocycles. The average Bonchev–Trinajstić information content (AvgIpc) is 2.60. The number of carboxylic acid groups (broad SMARTS) is 1. The molecule has 0 radical (unpaired) electrons. The summed E-state index contributed by atoms with van der Waals surface area (Å²) in [6.45, 7) is 2.94. The van der Waals surface area contributed by atoms with Gasteiger partial charge in [0.15, 0.2) is 0 Å². The van der Waals surface area contributed by atoms with E-state index in [1.165, 1.54) is 50.4 Å². The highest BCUT2D eigenvalue weighted by Crippen LogP contribution is 2.25. The summed E-state index contributed by atoms with van der Waals surface area (Å²) in [7, 11) is -3.94. The van der Waals surface area contributed by atoms with Gasteiger partial charge in [-0.05, 0) is 26.0 Å². The monoisotopic (exact) mass is 430 g/mol. The van der Waals surface area contributed by atoms with E-state index in [-0.39, 0.29) is 27.5 Å². The predicted molar refractivity (Wildman–Crippen MR) is 103 cm³/mol. The van der Waals surface area contributed by atoms with E-state index in [1.807, 2.05) is 0 Å². The topological polar surface area (TPSA) is 113 Å². The Kier molecular flexibility index (Phi) is 6.46. The lowest BCUT2D eigenvalue weighted by molar-refractivity contribution is 0.0692. The van der Waals surface area contributed by atoms with E-state index in [4.69, 9.17) is 23.2 Å². The molecule has 0 amide bonds. The van der Waals surface area contributed by atoms with E-state index >= 15 is 0 Å². The Hall–Kier alpha value is -2.16. The van der Waals surface area contributed by atoms with Gasteiger partial charge in [-0.2, -0.15) is 0 Å². The minimum Gasteiger partial charge on any atom is -0.478 e. The van der Waals surface area contributed by atoms with Crippen molar-refractivity contribution >= 4 is 50.7 Å². The van der Waals surface area contributed by atoms with Crippen LogP contribution in [0, 0.1) is 0 Å². The molecule has 7 nitrogen and oxygen atoms in total. The number of pyridine rings is 1. The number of hydrogen-bond acceptors (Lipinski definition) is 5. The molecule has 2 rings (SSSR count). The van der Waals surface area contributed by atoms with Crippen LogP contribution in [0.2, 0.25) is 5.02 Å². The van der Waals surface area contributed by atoms with Crippen LogP contribution >= 0.6 is 23.2 Å². The second-order valence-electron chi connectivity index (χ2n) is 5.76. The van der Waals surface area contributed by atoms with E-state index < -0.39 is 32.4 Å². The van der Waals surface area contributed by atoms with Crippen molar-refractivity contribution < 1.29 is 23.1 Å². The van der Waals surface area contributed by atoms with Crippen LogP contribution in [0.1, 0.15) is 40.3 Å². The number of carboxylic acids is 1. The van der Waals surface area contributed by atoms with Crippen LogP contribution in [-0.2, 0) is 10.0 Å². The zero-order valence-electron chi connectivity index (χ0n) is 14.3. The van der Waals surface area contributed by atoms with Gasteiger partial charge in [-0.25, -0.2) is 18.2 Å². The first-order valence-electron chi connectivity index (χ1n) is 7.73. The molecule has 0 bridgehead atoms. The molecule has 2 atom stereocenters. The molecule has 0 spiro atoms. The highest BCUT2D eigenvalue weighted by molar-refractivity contribution is 7.93. The Balaban J connectivity index is 2.54. The molecular weight excluding hydrogens is 415 g/mol. The predicted octanol–water partition coefficient (Wildman–Crippen LogP) is 3.42. The lowest BCUT2D eigenvalue weighted by Gasteiger charge is -2.18. The molecule has 2 aromatic rings. The van der Waals surface area contributed by atoms with Crippen molar-refractivity contribution in [3.63, 3.8) is 0 Å². The Labute approximate surface area is 166 Å². The van der Waals surface area contributed by atoms with Gasteiger partial charge in [-0.1, -0.05) is 29.8 Å². The molecule has 0 fully saturated rings. The van der Waals surface area contributed by atoms with Crippen LogP contribution in [0.5, 0.6) is 0 Å². The number of nitrogens with zero attached hydrogens (tertiary/aromatic N) is 1. The number of halogens is 2. The van der Waals surface area contributed by atoms with Gasteiger partial charge in [0.2, 0.25) is 15.8 Å². The van der Waals surface area contributed by atoms with E-state index in [2.05, 4.69) is 9.71 Å². The maximum Gasteiger partial charge on any atom is 0.336 e. The third kappa shape index (κ3) is 4.77. The lowest BCUT2D eigenvalue weighted by Crippen LogP contribution is -2.32. The smallest absolute Gasteiger partial charge is 0.336 e. The Morgan fingerprint density at radius 2 is 1.78 bits per heavy atom. The van der Waals surface area contributed by atoms with Crippen molar-refractivity contribution in [1.29, 1.82) is 0 Å². The van der Waals surface area contributed by atoms with Gasteiger partial charge in [0.1, 0.15) is 5.69 Å². The molecule has 10 heteroatoms. The molecule has 27 heavy (non-hydrogen) atoms. The van der Waals surface area contributed by atoms with Crippen LogP contribution in [0.15, 0.2) is 36.5 Å². The number of sulfonamides is 1. The summed E-state index contributed by atoms with van der Waals surface area (Å²) in [6, 6.07) is 6.80. The first-order valence-corrected chi connectivity index (χ1v) is 10.1. The molecule has 0 aliphatic carbocycles. The van der Waals surface area contributed by atoms with Crippen molar-refractivity contribution in [2.45, 2.75) is 24.5 Å². The quantitative estimate of drug-likeness (QED) is 0.513. The van der Waals surface area contributed by atoms with Crippen LogP contribution in [0.25, 0.3) is 0 Å². The largest absolute Gasteiger partial charge is 0.478 e. The molecule has 1 heterocycles. The number of carbonyl (C=O) groups is 2. The zero-order valence-corrected chi connectivity index (χ0v) is 16.6. The first kappa shape index (κ1) is 21.1. The number of ketones is 1. The van der Waals surface area contributed by atoms with Crippen LogP contribution in [0.4, 0.5) is 5.69 Å². The number of rotatable bonds is 7. The van der Waals surface area contributed by atoms with E-state index in [0.29, 0.717) is 0 Å². The van der Waals surface area contributed by atoms with Crippen molar-refractivity contribution in [2.24, 2.45) is 0 Å². The number of nitrogens with one attached hydrogen (secondary N) is 1. The van der Waals surface area contributed by atoms with Gasteiger partial charge in [0.25, 0.3) is 0 Å². The number of anilines is 1. The van der Waals surface area contributed by atoms with E-state index in [0.717, 1.165) is 0 Å². The van der Waals surface area contributed by atoms with Gasteiger partial charge >= 0.3 is 5.97 Å². The molecular formula is C17H16Cl2N2O5S. The fourth-order valence-corrected chi connectivity index (χ4v) is 3.89. The summed E-state index contributed by atoms with van der Waals surface area (Å²) in [5, 5.41) is 7.72. The van der Waals surface area contributed by atoms with Crippen molar-refractivity contribution in [3.05, 3.63) is 58.4 Å². The van der Waals surface area contributed by atoms with Crippen LogP contribution in [0.3, 0.4) is 0 Å².